The zero-order valence-corrected chi connectivity index (χ0v) is 15.7. The van der Waals surface area contributed by atoms with Crippen molar-refractivity contribution in [2.75, 3.05) is 28.7 Å². The first-order valence-electron chi connectivity index (χ1n) is 9.28. The van der Waals surface area contributed by atoms with Crippen LogP contribution in [0.15, 0.2) is 48.5 Å². The molecule has 0 aliphatic carbocycles. The van der Waals surface area contributed by atoms with E-state index in [0.29, 0.717) is 24.5 Å². The van der Waals surface area contributed by atoms with Crippen molar-refractivity contribution in [2.45, 2.75) is 32.7 Å². The highest BCUT2D eigenvalue weighted by Gasteiger charge is 2.22. The fraction of sp³-hybridized carbons (Fsp3) is 0.333. The maximum absolute atomic E-state index is 12.6. The molecular formula is C21H25N3O3. The molecule has 3 rings (SSSR count). The van der Waals surface area contributed by atoms with E-state index in [2.05, 4.69) is 10.6 Å². The van der Waals surface area contributed by atoms with Crippen LogP contribution in [0.1, 0.15) is 26.7 Å². The first-order chi connectivity index (χ1) is 13.1. The fourth-order valence-corrected chi connectivity index (χ4v) is 3.09. The second-order valence-electron chi connectivity index (χ2n) is 6.48. The highest BCUT2D eigenvalue weighted by molar-refractivity contribution is 5.98. The van der Waals surface area contributed by atoms with Gasteiger partial charge in [0.05, 0.1) is 12.3 Å². The van der Waals surface area contributed by atoms with E-state index in [1.54, 1.807) is 11.8 Å². The Bertz CT molecular complexity index is 822. The van der Waals surface area contributed by atoms with Crippen molar-refractivity contribution in [3.05, 3.63) is 48.5 Å². The Hall–Kier alpha value is -3.02. The number of amides is 2. The van der Waals surface area contributed by atoms with Crippen molar-refractivity contribution < 1.29 is 14.3 Å². The first kappa shape index (κ1) is 18.8. The molecular weight excluding hydrogens is 342 g/mol. The molecule has 2 N–H and O–H groups in total. The second kappa shape index (κ2) is 8.58. The van der Waals surface area contributed by atoms with Gasteiger partial charge in [0.1, 0.15) is 11.8 Å². The van der Waals surface area contributed by atoms with Gasteiger partial charge in [-0.25, -0.2) is 0 Å². The Morgan fingerprint density at radius 2 is 2.04 bits per heavy atom. The van der Waals surface area contributed by atoms with Crippen LogP contribution >= 0.6 is 0 Å². The summed E-state index contributed by atoms with van der Waals surface area (Å²) < 4.78 is 5.55. The summed E-state index contributed by atoms with van der Waals surface area (Å²) in [6.07, 6.45) is 1.48. The number of ether oxygens (including phenoxy) is 1. The molecule has 1 fully saturated rings. The Balaban J connectivity index is 1.66. The molecule has 2 aromatic rings. The summed E-state index contributed by atoms with van der Waals surface area (Å²) in [6, 6.07) is 14.5. The van der Waals surface area contributed by atoms with Crippen molar-refractivity contribution in [3.8, 4) is 5.75 Å². The summed E-state index contributed by atoms with van der Waals surface area (Å²) in [5, 5.41) is 6.10. The standard InChI is InChI=1S/C21H25N3O3/c1-3-27-19-11-5-4-10-18(19)23-21(26)15(2)22-16-8-6-9-17(14-16)24-13-7-12-20(24)25/h4-6,8-11,14-15,22H,3,7,12-13H2,1-2H3,(H,23,26)/t15-/m1/s1. The topological polar surface area (TPSA) is 70.7 Å². The molecule has 0 aromatic heterocycles. The van der Waals surface area contributed by atoms with Crippen LogP contribution in [0.2, 0.25) is 0 Å². The van der Waals surface area contributed by atoms with Crippen LogP contribution in [0.25, 0.3) is 0 Å². The predicted octanol–water partition coefficient (Wildman–Crippen LogP) is 3.65. The SMILES string of the molecule is CCOc1ccccc1NC(=O)[C@@H](C)Nc1cccc(N2CCCC2=O)c1. The second-order valence-corrected chi connectivity index (χ2v) is 6.48. The van der Waals surface area contributed by atoms with Crippen molar-refractivity contribution in [1.82, 2.24) is 0 Å². The van der Waals surface area contributed by atoms with Gasteiger partial charge in [-0.15, -0.1) is 0 Å². The number of hydrogen-bond acceptors (Lipinski definition) is 4. The van der Waals surface area contributed by atoms with Crippen LogP contribution in [0.5, 0.6) is 5.75 Å². The minimum Gasteiger partial charge on any atom is -0.492 e. The summed E-state index contributed by atoms with van der Waals surface area (Å²) in [5.41, 5.74) is 2.30. The van der Waals surface area contributed by atoms with E-state index >= 15 is 0 Å². The Morgan fingerprint density at radius 1 is 1.22 bits per heavy atom. The zero-order valence-electron chi connectivity index (χ0n) is 15.7. The molecule has 1 heterocycles. The quantitative estimate of drug-likeness (QED) is 0.784. The lowest BCUT2D eigenvalue weighted by molar-refractivity contribution is -0.117. The molecule has 2 amide bonds. The number of anilines is 3. The summed E-state index contributed by atoms with van der Waals surface area (Å²) in [4.78, 5) is 26.3. The normalized spacial score (nSPS) is 14.7. The zero-order chi connectivity index (χ0) is 19.2. The summed E-state index contributed by atoms with van der Waals surface area (Å²) in [6.45, 7) is 4.97. The number of carbonyl (C=O) groups is 2. The van der Waals surface area contributed by atoms with Crippen LogP contribution in [0.4, 0.5) is 17.1 Å². The molecule has 6 heteroatoms. The summed E-state index contributed by atoms with van der Waals surface area (Å²) in [7, 11) is 0. The van der Waals surface area contributed by atoms with Gasteiger partial charge < -0.3 is 20.3 Å². The van der Waals surface area contributed by atoms with Gasteiger partial charge in [-0.05, 0) is 50.6 Å². The Kier molecular flexibility index (Phi) is 5.96. The minimum atomic E-state index is -0.454. The molecule has 0 bridgehead atoms. The maximum Gasteiger partial charge on any atom is 0.246 e. The number of hydrogen-bond donors (Lipinski definition) is 2. The van der Waals surface area contributed by atoms with E-state index in [1.165, 1.54) is 0 Å². The lowest BCUT2D eigenvalue weighted by Gasteiger charge is -2.19. The van der Waals surface area contributed by atoms with E-state index in [4.69, 9.17) is 4.74 Å². The molecule has 6 nitrogen and oxygen atoms in total. The molecule has 0 radical (unpaired) electrons. The lowest BCUT2D eigenvalue weighted by atomic mass is 10.2. The van der Waals surface area contributed by atoms with Gasteiger partial charge in [-0.3, -0.25) is 9.59 Å². The first-order valence-corrected chi connectivity index (χ1v) is 9.28. The van der Waals surface area contributed by atoms with Crippen LogP contribution in [-0.4, -0.2) is 31.0 Å². The highest BCUT2D eigenvalue weighted by Crippen LogP contribution is 2.26. The number of nitrogens with zero attached hydrogens (tertiary/aromatic N) is 1. The van der Waals surface area contributed by atoms with Gasteiger partial charge in [-0.2, -0.15) is 0 Å². The van der Waals surface area contributed by atoms with Crippen molar-refractivity contribution in [1.29, 1.82) is 0 Å². The monoisotopic (exact) mass is 367 g/mol. The molecule has 0 unspecified atom stereocenters. The minimum absolute atomic E-state index is 0.144. The predicted molar refractivity (Wildman–Crippen MR) is 107 cm³/mol. The lowest BCUT2D eigenvalue weighted by Crippen LogP contribution is -2.32. The average molecular weight is 367 g/mol. The van der Waals surface area contributed by atoms with Gasteiger partial charge in [-0.1, -0.05) is 18.2 Å². The molecule has 1 aliphatic rings. The molecule has 142 valence electrons. The van der Waals surface area contributed by atoms with Gasteiger partial charge in [0.25, 0.3) is 0 Å². The van der Waals surface area contributed by atoms with Crippen molar-refractivity contribution in [3.63, 3.8) is 0 Å². The number of benzene rings is 2. The molecule has 0 spiro atoms. The van der Waals surface area contributed by atoms with Crippen LogP contribution in [-0.2, 0) is 9.59 Å². The Morgan fingerprint density at radius 3 is 2.78 bits per heavy atom. The van der Waals surface area contributed by atoms with E-state index in [-0.39, 0.29) is 11.8 Å². The molecule has 1 saturated heterocycles. The third kappa shape index (κ3) is 4.58. The van der Waals surface area contributed by atoms with Gasteiger partial charge >= 0.3 is 0 Å². The van der Waals surface area contributed by atoms with E-state index in [0.717, 1.165) is 24.3 Å². The van der Waals surface area contributed by atoms with Crippen LogP contribution in [0.3, 0.4) is 0 Å². The molecule has 2 aromatic carbocycles. The van der Waals surface area contributed by atoms with E-state index in [1.807, 2.05) is 55.5 Å². The number of carbonyl (C=O) groups excluding carboxylic acids is 2. The summed E-state index contributed by atoms with van der Waals surface area (Å²) in [5.74, 6) is 0.630. The molecule has 27 heavy (non-hydrogen) atoms. The number of nitrogens with one attached hydrogen (secondary N) is 2. The maximum atomic E-state index is 12.6. The van der Waals surface area contributed by atoms with Gasteiger partial charge in [0.2, 0.25) is 11.8 Å². The highest BCUT2D eigenvalue weighted by atomic mass is 16.5. The van der Waals surface area contributed by atoms with Crippen molar-refractivity contribution in [2.24, 2.45) is 0 Å². The van der Waals surface area contributed by atoms with Crippen molar-refractivity contribution >= 4 is 28.9 Å². The Labute approximate surface area is 159 Å². The molecule has 1 atom stereocenters. The molecule has 0 saturated carbocycles. The average Bonchev–Trinajstić information content (AvgIpc) is 3.09. The van der Waals surface area contributed by atoms with E-state index in [9.17, 15) is 9.59 Å². The van der Waals surface area contributed by atoms with Crippen LogP contribution < -0.4 is 20.3 Å². The third-order valence-electron chi connectivity index (χ3n) is 4.45. The molecule has 1 aliphatic heterocycles. The fourth-order valence-electron chi connectivity index (χ4n) is 3.09. The van der Waals surface area contributed by atoms with E-state index < -0.39 is 6.04 Å². The number of para-hydroxylation sites is 2. The largest absolute Gasteiger partial charge is 0.492 e. The smallest absolute Gasteiger partial charge is 0.246 e. The van der Waals surface area contributed by atoms with Gasteiger partial charge in [0, 0.05) is 24.3 Å². The summed E-state index contributed by atoms with van der Waals surface area (Å²) >= 11 is 0. The van der Waals surface area contributed by atoms with Crippen LogP contribution in [0, 0.1) is 0 Å². The third-order valence-corrected chi connectivity index (χ3v) is 4.45. The van der Waals surface area contributed by atoms with Gasteiger partial charge in [0.15, 0.2) is 0 Å². The number of rotatable bonds is 7.